The molecule has 0 saturated carbocycles. The molecule has 8 nitrogen and oxygen atoms in total. The van der Waals surface area contributed by atoms with Crippen molar-refractivity contribution in [1.29, 1.82) is 5.26 Å². The van der Waals surface area contributed by atoms with Crippen molar-refractivity contribution in [2.75, 3.05) is 26.3 Å². The van der Waals surface area contributed by atoms with E-state index in [4.69, 9.17) is 19.5 Å². The Morgan fingerprint density at radius 1 is 1.52 bits per heavy atom. The van der Waals surface area contributed by atoms with Crippen LogP contribution in [-0.4, -0.2) is 58.6 Å². The smallest absolute Gasteiger partial charge is 0.410 e. The Bertz CT molecular complexity index is 884. The molecule has 0 unspecified atom stereocenters. The minimum Gasteiger partial charge on any atom is -0.489 e. The highest BCUT2D eigenvalue weighted by molar-refractivity contribution is 9.10. The average molecular weight is 437 g/mol. The van der Waals surface area contributed by atoms with Crippen molar-refractivity contribution in [3.8, 4) is 11.8 Å². The molecule has 1 fully saturated rings. The third-order valence-corrected chi connectivity index (χ3v) is 4.49. The van der Waals surface area contributed by atoms with Gasteiger partial charge in [-0.2, -0.15) is 10.4 Å². The van der Waals surface area contributed by atoms with E-state index in [9.17, 15) is 4.79 Å². The number of ether oxygens (including phenoxy) is 3. The van der Waals surface area contributed by atoms with Crippen LogP contribution in [0.15, 0.2) is 22.9 Å². The van der Waals surface area contributed by atoms with Gasteiger partial charge >= 0.3 is 6.09 Å². The van der Waals surface area contributed by atoms with Gasteiger partial charge in [0.25, 0.3) is 0 Å². The van der Waals surface area contributed by atoms with Gasteiger partial charge in [0.05, 0.1) is 36.6 Å². The molecule has 3 rings (SSSR count). The quantitative estimate of drug-likeness (QED) is 0.734. The lowest BCUT2D eigenvalue weighted by Crippen LogP contribution is -2.49. The molecule has 1 atom stereocenters. The van der Waals surface area contributed by atoms with E-state index in [1.54, 1.807) is 21.7 Å². The van der Waals surface area contributed by atoms with Gasteiger partial charge in [0.15, 0.2) is 0 Å². The molecular weight excluding hydrogens is 416 g/mol. The molecule has 0 aromatic carbocycles. The molecule has 0 bridgehead atoms. The van der Waals surface area contributed by atoms with E-state index < -0.39 is 5.60 Å². The van der Waals surface area contributed by atoms with Crippen molar-refractivity contribution in [3.05, 3.63) is 28.5 Å². The molecule has 144 valence electrons. The molecule has 0 radical (unpaired) electrons. The topological polar surface area (TPSA) is 89.1 Å². The summed E-state index contributed by atoms with van der Waals surface area (Å²) >= 11 is 3.45. The van der Waals surface area contributed by atoms with Crippen molar-refractivity contribution in [2.24, 2.45) is 0 Å². The summed E-state index contributed by atoms with van der Waals surface area (Å²) in [7, 11) is 0. The summed E-state index contributed by atoms with van der Waals surface area (Å²) in [4.78, 5) is 13.9. The summed E-state index contributed by atoms with van der Waals surface area (Å²) in [6, 6.07) is 3.89. The molecule has 1 amide bonds. The third-order valence-electron chi connectivity index (χ3n) is 3.89. The highest BCUT2D eigenvalue weighted by Crippen LogP contribution is 2.26. The number of fused-ring (bicyclic) bond motifs is 1. The lowest BCUT2D eigenvalue weighted by molar-refractivity contribution is -0.0557. The zero-order chi connectivity index (χ0) is 19.6. The largest absolute Gasteiger partial charge is 0.489 e. The fraction of sp³-hybridized carbons (Fsp3) is 0.500. The van der Waals surface area contributed by atoms with Crippen molar-refractivity contribution < 1.29 is 19.0 Å². The normalized spacial score (nSPS) is 17.6. The summed E-state index contributed by atoms with van der Waals surface area (Å²) in [5, 5.41) is 13.3. The first-order valence-electron chi connectivity index (χ1n) is 8.56. The number of hydrogen-bond acceptors (Lipinski definition) is 6. The van der Waals surface area contributed by atoms with E-state index in [1.807, 2.05) is 20.8 Å². The maximum Gasteiger partial charge on any atom is 0.410 e. The van der Waals surface area contributed by atoms with Gasteiger partial charge in [-0.3, -0.25) is 0 Å². The standard InChI is InChI=1S/C18H21BrN4O4/c1-18(2,3)27-17(24)22-4-5-25-14(9-22)11-26-13-6-15(19)16-12(7-20)8-21-23(16)10-13/h6,8,10,14H,4-5,9,11H2,1-3H3/t14-/m0/s1. The van der Waals surface area contributed by atoms with Gasteiger partial charge in [-0.15, -0.1) is 0 Å². The molecule has 0 aliphatic carbocycles. The number of carbonyl (C=O) groups is 1. The molecule has 27 heavy (non-hydrogen) atoms. The van der Waals surface area contributed by atoms with E-state index in [-0.39, 0.29) is 18.8 Å². The summed E-state index contributed by atoms with van der Waals surface area (Å²) in [5.41, 5.74) is 0.640. The van der Waals surface area contributed by atoms with Crippen LogP contribution in [0.4, 0.5) is 4.79 Å². The minimum atomic E-state index is -0.533. The Morgan fingerprint density at radius 3 is 3.00 bits per heavy atom. The molecule has 2 aromatic heterocycles. The van der Waals surface area contributed by atoms with Crippen LogP contribution in [-0.2, 0) is 9.47 Å². The Morgan fingerprint density at radius 2 is 2.30 bits per heavy atom. The second-order valence-corrected chi connectivity index (χ2v) is 8.07. The Balaban J connectivity index is 1.62. The number of carbonyl (C=O) groups excluding carboxylic acids is 1. The van der Waals surface area contributed by atoms with Gasteiger partial charge in [0, 0.05) is 11.0 Å². The molecule has 1 aliphatic heterocycles. The van der Waals surface area contributed by atoms with E-state index in [2.05, 4.69) is 27.1 Å². The number of nitriles is 1. The number of halogens is 1. The number of hydrogen-bond donors (Lipinski definition) is 0. The monoisotopic (exact) mass is 436 g/mol. The van der Waals surface area contributed by atoms with Crippen molar-refractivity contribution >= 4 is 27.5 Å². The van der Waals surface area contributed by atoms with Crippen LogP contribution in [0, 0.1) is 11.3 Å². The SMILES string of the molecule is CC(C)(C)OC(=O)N1CCO[C@H](COc2cc(Br)c3c(C#N)cnn3c2)C1. The summed E-state index contributed by atoms with van der Waals surface area (Å²) in [6.45, 7) is 7.13. The molecule has 1 aliphatic rings. The van der Waals surface area contributed by atoms with Crippen LogP contribution < -0.4 is 4.74 Å². The predicted molar refractivity (Wildman–Crippen MR) is 101 cm³/mol. The second-order valence-electron chi connectivity index (χ2n) is 7.22. The Hall–Kier alpha value is -2.31. The maximum atomic E-state index is 12.2. The first-order chi connectivity index (χ1) is 12.8. The zero-order valence-electron chi connectivity index (χ0n) is 15.4. The maximum absolute atomic E-state index is 12.2. The van der Waals surface area contributed by atoms with Crippen molar-refractivity contribution in [2.45, 2.75) is 32.5 Å². The highest BCUT2D eigenvalue weighted by Gasteiger charge is 2.28. The fourth-order valence-corrected chi connectivity index (χ4v) is 3.33. The van der Waals surface area contributed by atoms with Gasteiger partial charge < -0.3 is 19.1 Å². The molecular formula is C18H21BrN4O4. The lowest BCUT2D eigenvalue weighted by atomic mass is 10.2. The number of rotatable bonds is 3. The Kier molecular flexibility index (Phi) is 5.58. The summed E-state index contributed by atoms with van der Waals surface area (Å²) in [6.07, 6.45) is 2.61. The molecule has 1 saturated heterocycles. The van der Waals surface area contributed by atoms with Gasteiger partial charge in [-0.25, -0.2) is 9.31 Å². The van der Waals surface area contributed by atoms with Gasteiger partial charge in [0.2, 0.25) is 0 Å². The number of pyridine rings is 1. The van der Waals surface area contributed by atoms with Gasteiger partial charge in [-0.05, 0) is 42.8 Å². The van der Waals surface area contributed by atoms with Gasteiger partial charge in [0.1, 0.15) is 30.1 Å². The fourth-order valence-electron chi connectivity index (χ4n) is 2.71. The first-order valence-corrected chi connectivity index (χ1v) is 9.35. The van der Waals surface area contributed by atoms with Crippen LogP contribution >= 0.6 is 15.9 Å². The predicted octanol–water partition coefficient (Wildman–Crippen LogP) is 2.98. The Labute approximate surface area is 165 Å². The van der Waals surface area contributed by atoms with Crippen LogP contribution in [0.3, 0.4) is 0 Å². The highest BCUT2D eigenvalue weighted by atomic mass is 79.9. The lowest BCUT2D eigenvalue weighted by Gasteiger charge is -2.34. The molecule has 0 spiro atoms. The summed E-state index contributed by atoms with van der Waals surface area (Å²) in [5.74, 6) is 0.583. The van der Waals surface area contributed by atoms with Crippen LogP contribution in [0.2, 0.25) is 0 Å². The molecule has 0 N–H and O–H groups in total. The van der Waals surface area contributed by atoms with Crippen LogP contribution in [0.1, 0.15) is 26.3 Å². The number of aromatic nitrogens is 2. The van der Waals surface area contributed by atoms with E-state index in [1.165, 1.54) is 6.20 Å². The van der Waals surface area contributed by atoms with Gasteiger partial charge in [-0.1, -0.05) is 0 Å². The first kappa shape index (κ1) is 19.5. The number of morpholine rings is 1. The molecule has 3 heterocycles. The van der Waals surface area contributed by atoms with E-state index in [0.717, 1.165) is 0 Å². The molecule has 9 heteroatoms. The van der Waals surface area contributed by atoms with E-state index in [0.29, 0.717) is 41.0 Å². The summed E-state index contributed by atoms with van der Waals surface area (Å²) < 4.78 is 19.2. The minimum absolute atomic E-state index is 0.256. The average Bonchev–Trinajstić information content (AvgIpc) is 3.02. The number of amides is 1. The van der Waals surface area contributed by atoms with E-state index >= 15 is 0 Å². The van der Waals surface area contributed by atoms with Crippen LogP contribution in [0.5, 0.6) is 5.75 Å². The number of nitrogens with zero attached hydrogens (tertiary/aromatic N) is 4. The van der Waals surface area contributed by atoms with Crippen molar-refractivity contribution in [3.63, 3.8) is 0 Å². The second kappa shape index (κ2) is 7.74. The van der Waals surface area contributed by atoms with Crippen LogP contribution in [0.25, 0.3) is 5.52 Å². The third kappa shape index (κ3) is 4.70. The zero-order valence-corrected chi connectivity index (χ0v) is 17.0. The van der Waals surface area contributed by atoms with Crippen molar-refractivity contribution in [1.82, 2.24) is 14.5 Å². The molecule has 2 aromatic rings.